The second kappa shape index (κ2) is 7.69. The van der Waals surface area contributed by atoms with Crippen LogP contribution in [0.2, 0.25) is 0 Å². The predicted octanol–water partition coefficient (Wildman–Crippen LogP) is 0.838. The number of fused-ring (bicyclic) bond motifs is 1. The zero-order valence-electron chi connectivity index (χ0n) is 16.1. The summed E-state index contributed by atoms with van der Waals surface area (Å²) in [5, 5.41) is 3.69. The molecule has 4 rings (SSSR count). The number of amides is 1. The summed E-state index contributed by atoms with van der Waals surface area (Å²) in [6.45, 7) is 5.14. The van der Waals surface area contributed by atoms with E-state index in [0.29, 0.717) is 29.6 Å². The van der Waals surface area contributed by atoms with E-state index >= 15 is 0 Å². The summed E-state index contributed by atoms with van der Waals surface area (Å²) in [5.74, 6) is -0.783. The zero-order chi connectivity index (χ0) is 19.8. The second-order valence-electron chi connectivity index (χ2n) is 7.25. The number of likely N-dealkylation sites (tertiary alicyclic amines) is 1. The van der Waals surface area contributed by atoms with E-state index in [4.69, 9.17) is 4.74 Å². The molecule has 150 valence electrons. The lowest BCUT2D eigenvalue weighted by atomic mass is 10.2. The van der Waals surface area contributed by atoms with Crippen molar-refractivity contribution in [2.45, 2.75) is 45.2 Å². The molecular formula is C18H23FN6O2S. The number of anilines is 1. The number of aromatic nitrogens is 2. The Bertz CT molecular complexity index is 1000. The monoisotopic (exact) mass is 406 g/mol. The lowest BCUT2D eigenvalue weighted by Crippen LogP contribution is -2.38. The summed E-state index contributed by atoms with van der Waals surface area (Å²) >= 11 is 1.17. The zero-order valence-corrected chi connectivity index (χ0v) is 16.9. The Morgan fingerprint density at radius 1 is 1.50 bits per heavy atom. The minimum atomic E-state index is -0.525. The Hall–Kier alpha value is -2.17. The fourth-order valence-corrected chi connectivity index (χ4v) is 4.56. The van der Waals surface area contributed by atoms with Crippen LogP contribution in [-0.2, 0) is 23.1 Å². The summed E-state index contributed by atoms with van der Waals surface area (Å²) in [7, 11) is 1.95. The third-order valence-electron chi connectivity index (χ3n) is 4.99. The van der Waals surface area contributed by atoms with Gasteiger partial charge in [-0.3, -0.25) is 14.7 Å². The number of ether oxygens (including phenoxy) is 1. The van der Waals surface area contributed by atoms with Crippen LogP contribution in [0, 0.1) is 5.95 Å². The van der Waals surface area contributed by atoms with Crippen molar-refractivity contribution < 1.29 is 13.9 Å². The highest BCUT2D eigenvalue weighted by Crippen LogP contribution is 2.28. The van der Waals surface area contributed by atoms with Crippen LogP contribution >= 0.6 is 11.3 Å². The Morgan fingerprint density at radius 3 is 3.11 bits per heavy atom. The molecule has 2 aromatic heterocycles. The molecule has 0 aromatic carbocycles. The third kappa shape index (κ3) is 3.98. The molecule has 4 heterocycles. The molecule has 2 aliphatic heterocycles. The fraction of sp³-hybridized carbons (Fsp3) is 0.556. The number of carbonyl (C=O) groups is 1. The van der Waals surface area contributed by atoms with Crippen molar-refractivity contribution in [1.29, 1.82) is 0 Å². The van der Waals surface area contributed by atoms with Crippen molar-refractivity contribution in [3.05, 3.63) is 33.9 Å². The molecule has 0 spiro atoms. The van der Waals surface area contributed by atoms with E-state index in [9.17, 15) is 9.18 Å². The maximum atomic E-state index is 14.1. The van der Waals surface area contributed by atoms with Gasteiger partial charge in [-0.25, -0.2) is 4.99 Å². The molecule has 1 N–H and O–H groups in total. The van der Waals surface area contributed by atoms with Gasteiger partial charge in [0, 0.05) is 39.3 Å². The second-order valence-corrected chi connectivity index (χ2v) is 8.33. The van der Waals surface area contributed by atoms with Crippen molar-refractivity contribution >= 4 is 22.4 Å². The van der Waals surface area contributed by atoms with Crippen molar-refractivity contribution in [3.8, 4) is 0 Å². The Morgan fingerprint density at radius 2 is 2.32 bits per heavy atom. The average molecular weight is 406 g/mol. The number of hydrogen-bond acceptors (Lipinski definition) is 7. The first-order chi connectivity index (χ1) is 13.4. The number of thiazole rings is 1. The van der Waals surface area contributed by atoms with Gasteiger partial charge < -0.3 is 14.6 Å². The molecule has 0 radical (unpaired) electrons. The molecule has 0 aliphatic carbocycles. The van der Waals surface area contributed by atoms with E-state index < -0.39 is 5.95 Å². The van der Waals surface area contributed by atoms with E-state index in [1.807, 2.05) is 23.9 Å². The molecule has 1 unspecified atom stereocenters. The highest BCUT2D eigenvalue weighted by atomic mass is 32.1. The largest absolute Gasteiger partial charge is 0.350 e. The number of aryl methyl sites for hydroxylation is 1. The van der Waals surface area contributed by atoms with Crippen LogP contribution in [0.25, 0.3) is 0 Å². The van der Waals surface area contributed by atoms with Crippen LogP contribution < -0.4 is 16.2 Å². The maximum Gasteiger partial charge on any atom is 0.230 e. The van der Waals surface area contributed by atoms with Gasteiger partial charge in [-0.2, -0.15) is 9.37 Å². The molecule has 1 amide bonds. The average Bonchev–Trinajstić information content (AvgIpc) is 3.26. The summed E-state index contributed by atoms with van der Waals surface area (Å²) in [6.07, 6.45) is 2.54. The quantitative estimate of drug-likeness (QED) is 0.798. The highest BCUT2D eigenvalue weighted by Gasteiger charge is 2.32. The van der Waals surface area contributed by atoms with Crippen molar-refractivity contribution in [3.63, 3.8) is 0 Å². The molecule has 1 saturated heterocycles. The van der Waals surface area contributed by atoms with Gasteiger partial charge >= 0.3 is 0 Å². The molecule has 28 heavy (non-hydrogen) atoms. The van der Waals surface area contributed by atoms with Crippen molar-refractivity contribution in [1.82, 2.24) is 14.5 Å². The van der Waals surface area contributed by atoms with Gasteiger partial charge in [-0.1, -0.05) is 11.3 Å². The summed E-state index contributed by atoms with van der Waals surface area (Å²) < 4.78 is 22.2. The van der Waals surface area contributed by atoms with E-state index in [2.05, 4.69) is 32.1 Å². The molecule has 0 saturated carbocycles. The Labute approximate surface area is 165 Å². The minimum Gasteiger partial charge on any atom is -0.350 e. The molecule has 10 heteroatoms. The number of halogens is 1. The van der Waals surface area contributed by atoms with Crippen LogP contribution in [-0.4, -0.2) is 51.8 Å². The van der Waals surface area contributed by atoms with E-state index in [1.165, 1.54) is 18.3 Å². The number of rotatable bonds is 5. The lowest BCUT2D eigenvalue weighted by Gasteiger charge is -2.20. The Kier molecular flexibility index (Phi) is 5.26. The van der Waals surface area contributed by atoms with Crippen LogP contribution in [0.5, 0.6) is 0 Å². The first-order valence-electron chi connectivity index (χ1n) is 9.25. The summed E-state index contributed by atoms with van der Waals surface area (Å²) in [6, 6.07) is 2.19. The molecule has 2 aromatic rings. The molecule has 3 atom stereocenters. The van der Waals surface area contributed by atoms with E-state index in [-0.39, 0.29) is 24.3 Å². The number of nitrogens with one attached hydrogen (secondary N) is 1. The molecule has 0 bridgehead atoms. The topological polar surface area (TPSA) is 84.1 Å². The maximum absolute atomic E-state index is 14.1. The number of hydrogen-bond donors (Lipinski definition) is 1. The molecular weight excluding hydrogens is 383 g/mol. The highest BCUT2D eigenvalue weighted by molar-refractivity contribution is 7.15. The first-order valence-corrected chi connectivity index (χ1v) is 10.1. The number of nitrogens with zero attached hydrogens (tertiary/aromatic N) is 5. The van der Waals surface area contributed by atoms with Crippen LogP contribution in [0.1, 0.15) is 25.1 Å². The lowest BCUT2D eigenvalue weighted by molar-refractivity contribution is -0.114. The fourth-order valence-electron chi connectivity index (χ4n) is 3.64. The van der Waals surface area contributed by atoms with Gasteiger partial charge in [0.15, 0.2) is 16.8 Å². The van der Waals surface area contributed by atoms with Crippen LogP contribution in [0.3, 0.4) is 0 Å². The van der Waals surface area contributed by atoms with Gasteiger partial charge in [0.05, 0.1) is 17.5 Å². The molecule has 2 aliphatic rings. The normalized spacial score (nSPS) is 24.5. The number of carbonyl (C=O) groups excluding carboxylic acids is 1. The van der Waals surface area contributed by atoms with Gasteiger partial charge in [0.2, 0.25) is 11.9 Å². The van der Waals surface area contributed by atoms with Crippen molar-refractivity contribution in [2.24, 2.45) is 17.0 Å². The van der Waals surface area contributed by atoms with Gasteiger partial charge in [-0.05, 0) is 19.4 Å². The van der Waals surface area contributed by atoms with Gasteiger partial charge in [0.25, 0.3) is 0 Å². The van der Waals surface area contributed by atoms with Crippen LogP contribution in [0.4, 0.5) is 9.52 Å². The van der Waals surface area contributed by atoms with Gasteiger partial charge in [-0.15, -0.1) is 0 Å². The van der Waals surface area contributed by atoms with Crippen LogP contribution in [0.15, 0.2) is 22.2 Å². The van der Waals surface area contributed by atoms with E-state index in [0.717, 1.165) is 17.3 Å². The van der Waals surface area contributed by atoms with E-state index in [1.54, 1.807) is 0 Å². The van der Waals surface area contributed by atoms with Crippen molar-refractivity contribution in [2.75, 3.05) is 18.4 Å². The summed E-state index contributed by atoms with van der Waals surface area (Å²) in [4.78, 5) is 26.8. The minimum absolute atomic E-state index is 0.0232. The first kappa shape index (κ1) is 19.2. The molecule has 8 nitrogen and oxygen atoms in total. The Balaban J connectivity index is 1.38. The SMILES string of the molecule is CC(=O)Nc1nc(F)c(CN2C[C@H](OC3CN=c4c(ccn4C)=N3)C[C@@H]2C)s1. The summed E-state index contributed by atoms with van der Waals surface area (Å²) in [5.41, 5.74) is 0.886. The smallest absolute Gasteiger partial charge is 0.230 e. The van der Waals surface area contributed by atoms with Gasteiger partial charge in [0.1, 0.15) is 5.36 Å². The predicted molar refractivity (Wildman–Crippen MR) is 102 cm³/mol. The third-order valence-corrected chi connectivity index (χ3v) is 5.92. The standard InChI is InChI=1S/C18H23FN6O2S/c1-10-6-12(27-15-7-20-17-13(22-15)4-5-24(17)3)8-25(10)9-14-16(19)23-18(28-14)21-11(2)26/h4-5,10,12,15H,6-9H2,1-3H3,(H,21,23,26)/t10-,12+,15?/m0/s1. The molecule has 1 fully saturated rings.